The molecule has 0 aromatic heterocycles. The van der Waals surface area contributed by atoms with Gasteiger partial charge in [-0.25, -0.2) is 0 Å². The Morgan fingerprint density at radius 1 is 1.31 bits per heavy atom. The van der Waals surface area contributed by atoms with E-state index in [2.05, 4.69) is 11.4 Å². The zero-order chi connectivity index (χ0) is 18.7. The van der Waals surface area contributed by atoms with Crippen molar-refractivity contribution in [2.45, 2.75) is 13.5 Å². The highest BCUT2D eigenvalue weighted by Crippen LogP contribution is 2.38. The Labute approximate surface area is 166 Å². The maximum atomic E-state index is 11.8. The first kappa shape index (κ1) is 18.8. The van der Waals surface area contributed by atoms with Crippen LogP contribution in [0, 0.1) is 6.92 Å². The van der Waals surface area contributed by atoms with Gasteiger partial charge >= 0.3 is 0 Å². The number of rotatable bonds is 5. The summed E-state index contributed by atoms with van der Waals surface area (Å²) in [5, 5.41) is 2.99. The monoisotopic (exact) mass is 405 g/mol. The molecule has 1 fully saturated rings. The van der Waals surface area contributed by atoms with Gasteiger partial charge in [0.05, 0.1) is 17.0 Å². The molecule has 134 valence electrons. The highest BCUT2D eigenvalue weighted by atomic mass is 35.5. The van der Waals surface area contributed by atoms with Crippen molar-refractivity contribution >= 4 is 51.9 Å². The van der Waals surface area contributed by atoms with Crippen LogP contribution < -0.4 is 14.8 Å². The number of halogens is 1. The minimum absolute atomic E-state index is 0.213. The average Bonchev–Trinajstić information content (AvgIpc) is 2.90. The summed E-state index contributed by atoms with van der Waals surface area (Å²) < 4.78 is 11.7. The number of benzene rings is 2. The molecule has 1 aliphatic rings. The maximum Gasteiger partial charge on any atom is 0.263 e. The third-order valence-corrected chi connectivity index (χ3v) is 5.10. The van der Waals surface area contributed by atoms with Crippen LogP contribution in [-0.4, -0.2) is 17.3 Å². The number of amides is 1. The average molecular weight is 406 g/mol. The Balaban J connectivity index is 1.84. The zero-order valence-electron chi connectivity index (χ0n) is 14.2. The summed E-state index contributed by atoms with van der Waals surface area (Å²) in [7, 11) is 1.55. The quantitative estimate of drug-likeness (QED) is 0.575. The van der Waals surface area contributed by atoms with E-state index in [0.29, 0.717) is 32.4 Å². The van der Waals surface area contributed by atoms with Crippen LogP contribution in [-0.2, 0) is 11.4 Å². The molecule has 1 aliphatic heterocycles. The molecule has 0 aliphatic carbocycles. The summed E-state index contributed by atoms with van der Waals surface area (Å²) in [6, 6.07) is 11.6. The van der Waals surface area contributed by atoms with Crippen LogP contribution >= 0.6 is 35.6 Å². The fourth-order valence-corrected chi connectivity index (χ4v) is 3.81. The highest BCUT2D eigenvalue weighted by Gasteiger charge is 2.22. The van der Waals surface area contributed by atoms with Crippen molar-refractivity contribution in [2.24, 2.45) is 0 Å². The molecule has 0 saturated carbocycles. The Morgan fingerprint density at radius 2 is 2.12 bits per heavy atom. The van der Waals surface area contributed by atoms with Gasteiger partial charge in [-0.05, 0) is 36.3 Å². The molecule has 26 heavy (non-hydrogen) atoms. The second-order valence-electron chi connectivity index (χ2n) is 5.66. The van der Waals surface area contributed by atoms with Gasteiger partial charge in [0.2, 0.25) is 0 Å². The number of aryl methyl sites for hydroxylation is 1. The van der Waals surface area contributed by atoms with Crippen LogP contribution in [0.5, 0.6) is 11.5 Å². The zero-order valence-corrected chi connectivity index (χ0v) is 16.6. The molecule has 3 rings (SSSR count). The van der Waals surface area contributed by atoms with Gasteiger partial charge in [-0.2, -0.15) is 0 Å². The Morgan fingerprint density at radius 3 is 2.77 bits per heavy atom. The van der Waals surface area contributed by atoms with E-state index in [-0.39, 0.29) is 5.91 Å². The van der Waals surface area contributed by atoms with Gasteiger partial charge in [0.25, 0.3) is 5.91 Å². The summed E-state index contributed by atoms with van der Waals surface area (Å²) in [6.45, 7) is 2.41. The van der Waals surface area contributed by atoms with Crippen molar-refractivity contribution in [2.75, 3.05) is 7.11 Å². The van der Waals surface area contributed by atoms with E-state index in [0.717, 1.165) is 16.7 Å². The molecule has 1 N–H and O–H groups in total. The lowest BCUT2D eigenvalue weighted by Crippen LogP contribution is -2.17. The number of carbonyl (C=O) groups excluding carboxylic acids is 1. The lowest BCUT2D eigenvalue weighted by molar-refractivity contribution is -0.115. The van der Waals surface area contributed by atoms with Gasteiger partial charge in [-0.1, -0.05) is 65.4 Å². The smallest absolute Gasteiger partial charge is 0.263 e. The first-order valence-corrected chi connectivity index (χ1v) is 9.37. The SMILES string of the molecule is COc1cc(/C=C2\SC(=S)NC2=O)cc(Cl)c1OCc1cccc(C)c1. The van der Waals surface area contributed by atoms with E-state index in [1.165, 1.54) is 11.8 Å². The Bertz CT molecular complexity index is 912. The molecular weight excluding hydrogens is 390 g/mol. The molecule has 0 bridgehead atoms. The normalized spacial score (nSPS) is 15.3. The minimum atomic E-state index is -0.213. The molecule has 0 unspecified atom stereocenters. The van der Waals surface area contributed by atoms with E-state index in [1.807, 2.05) is 25.1 Å². The topological polar surface area (TPSA) is 47.6 Å². The largest absolute Gasteiger partial charge is 0.493 e. The van der Waals surface area contributed by atoms with E-state index in [9.17, 15) is 4.79 Å². The molecule has 7 heteroatoms. The molecule has 0 atom stereocenters. The van der Waals surface area contributed by atoms with Crippen molar-refractivity contribution in [1.82, 2.24) is 5.32 Å². The minimum Gasteiger partial charge on any atom is -0.493 e. The molecule has 2 aromatic carbocycles. The van der Waals surface area contributed by atoms with Gasteiger partial charge in [-0.15, -0.1) is 0 Å². The van der Waals surface area contributed by atoms with Crippen LogP contribution in [0.3, 0.4) is 0 Å². The number of ether oxygens (including phenoxy) is 2. The van der Waals surface area contributed by atoms with Crippen LogP contribution in [0.15, 0.2) is 41.3 Å². The number of methoxy groups -OCH3 is 1. The summed E-state index contributed by atoms with van der Waals surface area (Å²) in [6.07, 6.45) is 1.72. The molecule has 1 heterocycles. The summed E-state index contributed by atoms with van der Waals surface area (Å²) in [5.41, 5.74) is 2.94. The van der Waals surface area contributed by atoms with E-state index >= 15 is 0 Å². The number of hydrogen-bond acceptors (Lipinski definition) is 5. The van der Waals surface area contributed by atoms with E-state index in [1.54, 1.807) is 25.3 Å². The molecule has 2 aromatic rings. The van der Waals surface area contributed by atoms with Crippen molar-refractivity contribution in [3.8, 4) is 11.5 Å². The van der Waals surface area contributed by atoms with Crippen LogP contribution in [0.2, 0.25) is 5.02 Å². The van der Waals surface area contributed by atoms with E-state index < -0.39 is 0 Å². The summed E-state index contributed by atoms with van der Waals surface area (Å²) >= 11 is 12.6. The van der Waals surface area contributed by atoms with Gasteiger partial charge in [0, 0.05) is 0 Å². The Kier molecular flexibility index (Phi) is 5.86. The standard InChI is InChI=1S/C19H16ClNO3S2/c1-11-4-3-5-12(6-11)10-24-17-14(20)7-13(8-15(17)23-2)9-16-18(22)21-19(25)26-16/h3-9H,10H2,1-2H3,(H,21,22,25)/b16-9-. The first-order valence-electron chi connectivity index (χ1n) is 7.77. The van der Waals surface area contributed by atoms with Crippen molar-refractivity contribution in [1.29, 1.82) is 0 Å². The maximum absolute atomic E-state index is 11.8. The molecule has 1 saturated heterocycles. The van der Waals surface area contributed by atoms with Gasteiger partial charge in [0.15, 0.2) is 11.5 Å². The third kappa shape index (κ3) is 4.38. The van der Waals surface area contributed by atoms with E-state index in [4.69, 9.17) is 33.3 Å². The molecule has 1 amide bonds. The van der Waals surface area contributed by atoms with Crippen molar-refractivity contribution < 1.29 is 14.3 Å². The van der Waals surface area contributed by atoms with Crippen molar-refractivity contribution in [3.05, 3.63) is 63.0 Å². The second kappa shape index (κ2) is 8.12. The lowest BCUT2D eigenvalue weighted by Gasteiger charge is -2.14. The number of nitrogens with one attached hydrogen (secondary N) is 1. The molecule has 4 nitrogen and oxygen atoms in total. The van der Waals surface area contributed by atoms with Crippen LogP contribution in [0.1, 0.15) is 16.7 Å². The fraction of sp³-hybridized carbons (Fsp3) is 0.158. The molecule has 0 spiro atoms. The first-order chi connectivity index (χ1) is 12.5. The Hall–Kier alpha value is -2.02. The number of hydrogen-bond donors (Lipinski definition) is 1. The molecule has 0 radical (unpaired) electrons. The van der Waals surface area contributed by atoms with Crippen LogP contribution in [0.4, 0.5) is 0 Å². The number of carbonyl (C=O) groups is 1. The van der Waals surface area contributed by atoms with Crippen molar-refractivity contribution in [3.63, 3.8) is 0 Å². The van der Waals surface area contributed by atoms with Gasteiger partial charge in [-0.3, -0.25) is 4.79 Å². The second-order valence-corrected chi connectivity index (χ2v) is 7.79. The molecular formula is C19H16ClNO3S2. The fourth-order valence-electron chi connectivity index (χ4n) is 2.49. The lowest BCUT2D eigenvalue weighted by atomic mass is 10.1. The summed E-state index contributed by atoms with van der Waals surface area (Å²) in [4.78, 5) is 12.3. The predicted molar refractivity (Wildman–Crippen MR) is 110 cm³/mol. The highest BCUT2D eigenvalue weighted by molar-refractivity contribution is 8.26. The number of thioether (sulfide) groups is 1. The third-order valence-electron chi connectivity index (χ3n) is 3.66. The number of thiocarbonyl (C=S) groups is 1. The van der Waals surface area contributed by atoms with Crippen LogP contribution in [0.25, 0.3) is 6.08 Å². The van der Waals surface area contributed by atoms with Gasteiger partial charge in [0.1, 0.15) is 10.9 Å². The summed E-state index contributed by atoms with van der Waals surface area (Å²) in [5.74, 6) is 0.759. The van der Waals surface area contributed by atoms with Gasteiger partial charge < -0.3 is 14.8 Å². The predicted octanol–water partition coefficient (Wildman–Crippen LogP) is 4.72.